The van der Waals surface area contributed by atoms with Crippen molar-refractivity contribution in [2.24, 2.45) is 0 Å². The zero-order valence-corrected chi connectivity index (χ0v) is 12.7. The second kappa shape index (κ2) is 6.48. The molecule has 3 aromatic rings. The molecule has 0 saturated carbocycles. The number of benzene rings is 1. The Bertz CT molecular complexity index is 867. The van der Waals surface area contributed by atoms with Crippen molar-refractivity contribution in [3.8, 4) is 0 Å². The van der Waals surface area contributed by atoms with Crippen molar-refractivity contribution in [2.75, 3.05) is 0 Å². The van der Waals surface area contributed by atoms with Crippen molar-refractivity contribution in [3.05, 3.63) is 64.9 Å². The Morgan fingerprint density at radius 3 is 2.83 bits per heavy atom. The second-order valence-corrected chi connectivity index (χ2v) is 5.28. The van der Waals surface area contributed by atoms with Crippen molar-refractivity contribution in [3.63, 3.8) is 0 Å². The molecule has 0 aliphatic carbocycles. The van der Waals surface area contributed by atoms with Crippen LogP contribution in [0.15, 0.2) is 57.9 Å². The number of oxazole rings is 1. The summed E-state index contributed by atoms with van der Waals surface area (Å²) in [6.07, 6.45) is 1.88. The third-order valence-corrected chi connectivity index (χ3v) is 3.65. The van der Waals surface area contributed by atoms with Gasteiger partial charge in [-0.05, 0) is 31.2 Å². The van der Waals surface area contributed by atoms with Gasteiger partial charge in [0.25, 0.3) is 0 Å². The number of nitrogens with one attached hydrogen (secondary N) is 1. The highest BCUT2D eigenvalue weighted by Crippen LogP contribution is 2.12. The molecule has 6 nitrogen and oxygen atoms in total. The fourth-order valence-corrected chi connectivity index (χ4v) is 2.46. The Kier molecular flexibility index (Phi) is 4.23. The number of amides is 1. The van der Waals surface area contributed by atoms with E-state index in [0.717, 1.165) is 5.69 Å². The van der Waals surface area contributed by atoms with Crippen LogP contribution in [0.4, 0.5) is 0 Å². The maximum Gasteiger partial charge on any atom is 0.419 e. The van der Waals surface area contributed by atoms with Crippen molar-refractivity contribution in [1.82, 2.24) is 14.9 Å². The zero-order chi connectivity index (χ0) is 16.2. The van der Waals surface area contributed by atoms with E-state index in [1.807, 2.05) is 31.2 Å². The van der Waals surface area contributed by atoms with Crippen LogP contribution >= 0.6 is 0 Å². The molecule has 1 aromatic carbocycles. The maximum absolute atomic E-state index is 12.1. The molecule has 2 heterocycles. The monoisotopic (exact) mass is 311 g/mol. The van der Waals surface area contributed by atoms with Crippen molar-refractivity contribution in [1.29, 1.82) is 0 Å². The molecular formula is C17H17N3O3. The van der Waals surface area contributed by atoms with Crippen LogP contribution in [-0.2, 0) is 11.3 Å². The van der Waals surface area contributed by atoms with Crippen LogP contribution < -0.4 is 11.1 Å². The van der Waals surface area contributed by atoms with E-state index in [4.69, 9.17) is 4.42 Å². The summed E-state index contributed by atoms with van der Waals surface area (Å²) in [5, 5.41) is 2.88. The summed E-state index contributed by atoms with van der Waals surface area (Å²) in [6.45, 7) is 2.15. The van der Waals surface area contributed by atoms with Crippen LogP contribution in [0.3, 0.4) is 0 Å². The summed E-state index contributed by atoms with van der Waals surface area (Å²) in [4.78, 5) is 28.1. The molecule has 0 spiro atoms. The summed E-state index contributed by atoms with van der Waals surface area (Å²) in [6, 6.07) is 12.6. The van der Waals surface area contributed by atoms with Crippen LogP contribution in [0.5, 0.6) is 0 Å². The molecule has 0 unspecified atom stereocenters. The molecule has 0 bridgehead atoms. The molecular weight excluding hydrogens is 294 g/mol. The number of para-hydroxylation sites is 2. The first kappa shape index (κ1) is 15.0. The summed E-state index contributed by atoms with van der Waals surface area (Å²) >= 11 is 0. The first-order chi connectivity index (χ1) is 11.1. The van der Waals surface area contributed by atoms with E-state index < -0.39 is 5.76 Å². The minimum Gasteiger partial charge on any atom is -0.408 e. The largest absolute Gasteiger partial charge is 0.419 e. The third-order valence-electron chi connectivity index (χ3n) is 3.65. The Morgan fingerprint density at radius 2 is 2.04 bits per heavy atom. The maximum atomic E-state index is 12.1. The minimum atomic E-state index is -0.447. The number of carbonyl (C=O) groups is 1. The van der Waals surface area contributed by atoms with Gasteiger partial charge in [-0.15, -0.1) is 0 Å². The number of pyridine rings is 1. The molecule has 23 heavy (non-hydrogen) atoms. The van der Waals surface area contributed by atoms with Crippen molar-refractivity contribution < 1.29 is 9.21 Å². The predicted octanol–water partition coefficient (Wildman–Crippen LogP) is 2.26. The van der Waals surface area contributed by atoms with Crippen LogP contribution in [0.25, 0.3) is 11.1 Å². The molecule has 2 aromatic heterocycles. The Morgan fingerprint density at radius 1 is 1.26 bits per heavy atom. The molecule has 0 saturated heterocycles. The number of hydrogen-bond donors (Lipinski definition) is 1. The normalized spacial score (nSPS) is 12.2. The standard InChI is InChI=1S/C17H17N3O3/c1-12(13-6-4-5-10-18-13)19-16(21)9-11-20-14-7-2-3-8-15(14)23-17(20)22/h2-8,10,12H,9,11H2,1H3,(H,19,21)/t12-/m1/s1. The molecule has 1 amide bonds. The minimum absolute atomic E-state index is 0.139. The number of aryl methyl sites for hydroxylation is 1. The van der Waals surface area contributed by atoms with E-state index in [0.29, 0.717) is 11.1 Å². The van der Waals surface area contributed by atoms with Crippen LogP contribution in [0, 0.1) is 0 Å². The van der Waals surface area contributed by atoms with Gasteiger partial charge in [0.15, 0.2) is 5.58 Å². The van der Waals surface area contributed by atoms with E-state index in [2.05, 4.69) is 10.3 Å². The highest BCUT2D eigenvalue weighted by molar-refractivity contribution is 5.77. The molecule has 3 rings (SSSR count). The topological polar surface area (TPSA) is 77.1 Å². The lowest BCUT2D eigenvalue weighted by molar-refractivity contribution is -0.122. The lowest BCUT2D eigenvalue weighted by atomic mass is 10.2. The summed E-state index contributed by atoms with van der Waals surface area (Å²) in [5.74, 6) is -0.586. The zero-order valence-electron chi connectivity index (χ0n) is 12.7. The van der Waals surface area contributed by atoms with E-state index >= 15 is 0 Å². The first-order valence-electron chi connectivity index (χ1n) is 7.44. The Labute approximate surface area is 132 Å². The number of hydrogen-bond acceptors (Lipinski definition) is 4. The predicted molar refractivity (Wildman–Crippen MR) is 85.9 cm³/mol. The van der Waals surface area contributed by atoms with Gasteiger partial charge in [-0.25, -0.2) is 4.79 Å². The summed E-state index contributed by atoms with van der Waals surface area (Å²) in [5.41, 5.74) is 2.02. The molecule has 0 aliphatic heterocycles. The second-order valence-electron chi connectivity index (χ2n) is 5.28. The number of fused-ring (bicyclic) bond motifs is 1. The van der Waals surface area contributed by atoms with Gasteiger partial charge >= 0.3 is 5.76 Å². The van der Waals surface area contributed by atoms with Crippen molar-refractivity contribution >= 4 is 17.0 Å². The molecule has 6 heteroatoms. The van der Waals surface area contributed by atoms with Gasteiger partial charge in [0.1, 0.15) is 0 Å². The highest BCUT2D eigenvalue weighted by atomic mass is 16.4. The Balaban J connectivity index is 1.65. The molecule has 118 valence electrons. The van der Waals surface area contributed by atoms with Gasteiger partial charge < -0.3 is 9.73 Å². The average Bonchev–Trinajstić information content (AvgIpc) is 2.89. The van der Waals surface area contributed by atoms with Crippen molar-refractivity contribution in [2.45, 2.75) is 25.9 Å². The van der Waals surface area contributed by atoms with Gasteiger partial charge in [0.2, 0.25) is 5.91 Å². The molecule has 0 aliphatic rings. The number of aromatic nitrogens is 2. The lowest BCUT2D eigenvalue weighted by Gasteiger charge is -2.13. The van der Waals surface area contributed by atoms with Gasteiger partial charge in [0, 0.05) is 19.2 Å². The van der Waals surface area contributed by atoms with Crippen LogP contribution in [0.2, 0.25) is 0 Å². The van der Waals surface area contributed by atoms with E-state index in [9.17, 15) is 9.59 Å². The SMILES string of the molecule is C[C@@H](NC(=O)CCn1c(=O)oc2ccccc21)c1ccccn1. The fraction of sp³-hybridized carbons (Fsp3) is 0.235. The number of nitrogens with zero attached hydrogens (tertiary/aromatic N) is 2. The summed E-state index contributed by atoms with van der Waals surface area (Å²) in [7, 11) is 0. The average molecular weight is 311 g/mol. The van der Waals surface area contributed by atoms with Gasteiger partial charge in [-0.2, -0.15) is 0 Å². The quantitative estimate of drug-likeness (QED) is 0.784. The third kappa shape index (κ3) is 3.31. The first-order valence-corrected chi connectivity index (χ1v) is 7.44. The smallest absolute Gasteiger partial charge is 0.408 e. The molecule has 0 fully saturated rings. The Hall–Kier alpha value is -2.89. The molecule has 1 N–H and O–H groups in total. The summed E-state index contributed by atoms with van der Waals surface area (Å²) < 4.78 is 6.62. The van der Waals surface area contributed by atoms with E-state index in [-0.39, 0.29) is 24.9 Å². The van der Waals surface area contributed by atoms with Crippen LogP contribution in [0.1, 0.15) is 25.1 Å². The van der Waals surface area contributed by atoms with Gasteiger partial charge in [-0.1, -0.05) is 18.2 Å². The highest BCUT2D eigenvalue weighted by Gasteiger charge is 2.13. The number of rotatable bonds is 5. The fourth-order valence-electron chi connectivity index (χ4n) is 2.46. The van der Waals surface area contributed by atoms with Crippen LogP contribution in [-0.4, -0.2) is 15.5 Å². The van der Waals surface area contributed by atoms with Gasteiger partial charge in [0.05, 0.1) is 17.3 Å². The van der Waals surface area contributed by atoms with E-state index in [1.165, 1.54) is 4.57 Å². The van der Waals surface area contributed by atoms with Gasteiger partial charge in [-0.3, -0.25) is 14.3 Å². The number of carbonyl (C=O) groups excluding carboxylic acids is 1. The molecule has 0 radical (unpaired) electrons. The molecule has 1 atom stereocenters. The lowest BCUT2D eigenvalue weighted by Crippen LogP contribution is -2.29. The van der Waals surface area contributed by atoms with E-state index in [1.54, 1.807) is 24.4 Å².